The molecule has 6 nitrogen and oxygen atoms in total. The molecule has 6 heteroatoms. The van der Waals surface area contributed by atoms with Gasteiger partial charge in [-0.1, -0.05) is 6.42 Å². The van der Waals surface area contributed by atoms with Crippen LogP contribution in [-0.2, 0) is 16.6 Å². The van der Waals surface area contributed by atoms with Crippen molar-refractivity contribution in [3.63, 3.8) is 0 Å². The maximum atomic E-state index is 12.7. The Morgan fingerprint density at radius 3 is 2.79 bits per heavy atom. The molecule has 1 aromatic rings. The first-order valence-corrected chi connectivity index (χ1v) is 8.77. The second-order valence-electron chi connectivity index (χ2n) is 6.89. The topological polar surface area (TPSA) is 58.4 Å². The SMILES string of the molecule is CC(=O)N1CC[C@@H]2[C@H](CCCCN2C(=O)/C=C/c2cnn(C)c2)C1. The van der Waals surface area contributed by atoms with Gasteiger partial charge in [0.1, 0.15) is 0 Å². The molecule has 2 fully saturated rings. The number of fused-ring (bicyclic) bond motifs is 1. The zero-order valence-electron chi connectivity index (χ0n) is 14.5. The molecule has 3 rings (SSSR count). The van der Waals surface area contributed by atoms with Crippen molar-refractivity contribution in [3.05, 3.63) is 24.0 Å². The lowest BCUT2D eigenvalue weighted by Gasteiger charge is -2.42. The molecule has 3 heterocycles. The number of carbonyl (C=O) groups excluding carboxylic acids is 2. The molecular formula is C18H26N4O2. The number of hydrogen-bond donors (Lipinski definition) is 0. The number of nitrogens with zero attached hydrogens (tertiary/aromatic N) is 4. The van der Waals surface area contributed by atoms with Crippen LogP contribution in [0.1, 0.15) is 38.2 Å². The standard InChI is InChI=1S/C18H26N4O2/c1-14(23)21-10-8-17-16(13-21)5-3-4-9-22(17)18(24)7-6-15-11-19-20(2)12-15/h6-7,11-12,16-17H,3-5,8-10,13H2,1-2H3/b7-6+/t16-,17-/m1/s1. The van der Waals surface area contributed by atoms with Crippen LogP contribution in [0.3, 0.4) is 0 Å². The van der Waals surface area contributed by atoms with Crippen LogP contribution in [0.15, 0.2) is 18.5 Å². The highest BCUT2D eigenvalue weighted by Gasteiger charge is 2.36. The normalized spacial score (nSPS) is 24.8. The number of carbonyl (C=O) groups is 2. The number of hydrogen-bond acceptors (Lipinski definition) is 3. The van der Waals surface area contributed by atoms with Crippen LogP contribution < -0.4 is 0 Å². The molecular weight excluding hydrogens is 304 g/mol. The lowest BCUT2D eigenvalue weighted by Crippen LogP contribution is -2.52. The summed E-state index contributed by atoms with van der Waals surface area (Å²) in [6.45, 7) is 4.00. The van der Waals surface area contributed by atoms with Gasteiger partial charge >= 0.3 is 0 Å². The van der Waals surface area contributed by atoms with Gasteiger partial charge in [-0.15, -0.1) is 0 Å². The molecule has 0 unspecified atom stereocenters. The third-order valence-electron chi connectivity index (χ3n) is 5.19. The first kappa shape index (κ1) is 16.7. The third-order valence-corrected chi connectivity index (χ3v) is 5.19. The number of likely N-dealkylation sites (tertiary alicyclic amines) is 2. The van der Waals surface area contributed by atoms with Gasteiger partial charge < -0.3 is 9.80 Å². The average molecular weight is 330 g/mol. The largest absolute Gasteiger partial charge is 0.343 e. The molecule has 0 N–H and O–H groups in total. The highest BCUT2D eigenvalue weighted by atomic mass is 16.2. The van der Waals surface area contributed by atoms with Crippen molar-refractivity contribution in [2.45, 2.75) is 38.6 Å². The maximum absolute atomic E-state index is 12.7. The first-order chi connectivity index (χ1) is 11.5. The smallest absolute Gasteiger partial charge is 0.246 e. The molecule has 0 spiro atoms. The fourth-order valence-corrected chi connectivity index (χ4v) is 3.92. The molecule has 2 atom stereocenters. The van der Waals surface area contributed by atoms with Crippen molar-refractivity contribution >= 4 is 17.9 Å². The Hall–Kier alpha value is -2.11. The molecule has 2 aliphatic rings. The van der Waals surface area contributed by atoms with E-state index in [0.29, 0.717) is 5.92 Å². The van der Waals surface area contributed by atoms with E-state index >= 15 is 0 Å². The van der Waals surface area contributed by atoms with E-state index in [4.69, 9.17) is 0 Å². The molecule has 2 aliphatic heterocycles. The summed E-state index contributed by atoms with van der Waals surface area (Å²) in [6, 6.07) is 0.258. The minimum Gasteiger partial charge on any atom is -0.343 e. The number of aryl methyl sites for hydroxylation is 1. The Bertz CT molecular complexity index is 637. The van der Waals surface area contributed by atoms with Crippen LogP contribution in [0.25, 0.3) is 6.08 Å². The van der Waals surface area contributed by atoms with Crippen molar-refractivity contribution in [1.29, 1.82) is 0 Å². The molecule has 2 amide bonds. The van der Waals surface area contributed by atoms with E-state index in [2.05, 4.69) is 5.10 Å². The molecule has 0 saturated carbocycles. The van der Waals surface area contributed by atoms with E-state index in [1.807, 2.05) is 29.1 Å². The minimum absolute atomic E-state index is 0.0760. The summed E-state index contributed by atoms with van der Waals surface area (Å²) < 4.78 is 1.73. The van der Waals surface area contributed by atoms with Crippen molar-refractivity contribution in [2.24, 2.45) is 13.0 Å². The predicted molar refractivity (Wildman–Crippen MR) is 92.0 cm³/mol. The molecule has 24 heavy (non-hydrogen) atoms. The van der Waals surface area contributed by atoms with E-state index in [9.17, 15) is 9.59 Å². The minimum atomic E-state index is 0.0760. The Labute approximate surface area is 143 Å². The summed E-state index contributed by atoms with van der Waals surface area (Å²) in [7, 11) is 1.86. The van der Waals surface area contributed by atoms with Gasteiger partial charge in [-0.2, -0.15) is 5.10 Å². The van der Waals surface area contributed by atoms with Crippen LogP contribution in [0.2, 0.25) is 0 Å². The van der Waals surface area contributed by atoms with E-state index in [0.717, 1.165) is 50.9 Å². The van der Waals surface area contributed by atoms with Crippen molar-refractivity contribution < 1.29 is 9.59 Å². The Balaban J connectivity index is 1.70. The number of amides is 2. The van der Waals surface area contributed by atoms with Crippen LogP contribution in [0, 0.1) is 5.92 Å². The zero-order chi connectivity index (χ0) is 17.1. The van der Waals surface area contributed by atoms with E-state index < -0.39 is 0 Å². The van der Waals surface area contributed by atoms with Gasteiger partial charge in [-0.3, -0.25) is 14.3 Å². The second kappa shape index (κ2) is 7.20. The maximum Gasteiger partial charge on any atom is 0.246 e. The first-order valence-electron chi connectivity index (χ1n) is 8.77. The third kappa shape index (κ3) is 3.68. The van der Waals surface area contributed by atoms with E-state index in [1.54, 1.807) is 23.9 Å². The molecule has 0 bridgehead atoms. The molecule has 2 saturated heterocycles. The molecule has 0 aromatic carbocycles. The molecule has 0 radical (unpaired) electrons. The van der Waals surface area contributed by atoms with Gasteiger partial charge in [0.05, 0.1) is 6.20 Å². The summed E-state index contributed by atoms with van der Waals surface area (Å²) in [5.74, 6) is 0.625. The van der Waals surface area contributed by atoms with Crippen LogP contribution in [0.4, 0.5) is 0 Å². The zero-order valence-corrected chi connectivity index (χ0v) is 14.5. The second-order valence-corrected chi connectivity index (χ2v) is 6.89. The van der Waals surface area contributed by atoms with E-state index in [1.165, 1.54) is 0 Å². The summed E-state index contributed by atoms with van der Waals surface area (Å²) in [5, 5.41) is 4.12. The van der Waals surface area contributed by atoms with Crippen molar-refractivity contribution in [3.8, 4) is 0 Å². The fourth-order valence-electron chi connectivity index (χ4n) is 3.92. The highest BCUT2D eigenvalue weighted by molar-refractivity contribution is 5.92. The van der Waals surface area contributed by atoms with Crippen LogP contribution in [-0.4, -0.2) is 57.1 Å². The van der Waals surface area contributed by atoms with Crippen molar-refractivity contribution in [1.82, 2.24) is 19.6 Å². The van der Waals surface area contributed by atoms with Gasteiger partial charge in [0.2, 0.25) is 11.8 Å². The summed E-state index contributed by atoms with van der Waals surface area (Å²) in [6.07, 6.45) is 11.3. The monoisotopic (exact) mass is 330 g/mol. The highest BCUT2D eigenvalue weighted by Crippen LogP contribution is 2.30. The summed E-state index contributed by atoms with van der Waals surface area (Å²) in [5.41, 5.74) is 0.934. The van der Waals surface area contributed by atoms with Gasteiger partial charge in [-0.05, 0) is 31.3 Å². The fraction of sp³-hybridized carbons (Fsp3) is 0.611. The Morgan fingerprint density at radius 2 is 2.08 bits per heavy atom. The lowest BCUT2D eigenvalue weighted by molar-refractivity contribution is -0.134. The average Bonchev–Trinajstić information content (AvgIpc) is 2.86. The Morgan fingerprint density at radius 1 is 1.25 bits per heavy atom. The van der Waals surface area contributed by atoms with Gasteiger partial charge in [0.25, 0.3) is 0 Å². The molecule has 130 valence electrons. The van der Waals surface area contributed by atoms with Crippen LogP contribution in [0.5, 0.6) is 0 Å². The van der Waals surface area contributed by atoms with Crippen LogP contribution >= 0.6 is 0 Å². The van der Waals surface area contributed by atoms with Gasteiger partial charge in [0.15, 0.2) is 0 Å². The van der Waals surface area contributed by atoms with Gasteiger partial charge in [-0.25, -0.2) is 0 Å². The number of aromatic nitrogens is 2. The number of piperidine rings is 1. The molecule has 1 aromatic heterocycles. The lowest BCUT2D eigenvalue weighted by atomic mass is 9.88. The predicted octanol–water partition coefficient (Wildman–Crippen LogP) is 1.68. The summed E-state index contributed by atoms with van der Waals surface area (Å²) in [4.78, 5) is 28.4. The summed E-state index contributed by atoms with van der Waals surface area (Å²) >= 11 is 0. The number of rotatable bonds is 2. The van der Waals surface area contributed by atoms with Gasteiger partial charge in [0, 0.05) is 57.5 Å². The quantitative estimate of drug-likeness (QED) is 0.775. The van der Waals surface area contributed by atoms with Crippen molar-refractivity contribution in [2.75, 3.05) is 19.6 Å². The molecule has 0 aliphatic carbocycles. The van der Waals surface area contributed by atoms with E-state index in [-0.39, 0.29) is 17.9 Å². The Kier molecular flexibility index (Phi) is 5.02.